The smallest absolute Gasteiger partial charge is 0.361 e. The number of carbonyl (C=O) groups is 3. The highest BCUT2D eigenvalue weighted by atomic mass is 19.1. The number of benzene rings is 1. The van der Waals surface area contributed by atoms with Crippen LogP contribution in [0.15, 0.2) is 24.3 Å². The van der Waals surface area contributed by atoms with Crippen LogP contribution in [0.2, 0.25) is 0 Å². The minimum atomic E-state index is -0.647. The molecule has 1 aliphatic rings. The molecule has 6 nitrogen and oxygen atoms in total. The Morgan fingerprint density at radius 3 is 2.65 bits per heavy atom. The van der Waals surface area contributed by atoms with E-state index < -0.39 is 23.7 Å². The maximum Gasteiger partial charge on any atom is 0.361 e. The summed E-state index contributed by atoms with van der Waals surface area (Å²) in [6.45, 7) is -0.0303. The van der Waals surface area contributed by atoms with Gasteiger partial charge in [-0.3, -0.25) is 9.59 Å². The fourth-order valence-electron chi connectivity index (χ4n) is 2.02. The van der Waals surface area contributed by atoms with Crippen LogP contribution < -0.4 is 10.2 Å². The number of anilines is 1. The Kier molecular flexibility index (Phi) is 4.09. The van der Waals surface area contributed by atoms with Gasteiger partial charge >= 0.3 is 5.97 Å². The fraction of sp³-hybridized carbons (Fsp3) is 0.308. The molecule has 0 saturated carbocycles. The van der Waals surface area contributed by atoms with Crippen LogP contribution in [0.25, 0.3) is 0 Å². The summed E-state index contributed by atoms with van der Waals surface area (Å²) in [6, 6.07) is 4.45. The highest BCUT2D eigenvalue weighted by molar-refractivity contribution is 6.21. The standard InChI is InChI=1S/C13H13FN2O4/c1-20-12(18)7-15-10-6-11(17)16(13(10)19)9-4-2-8(14)3-5-9/h2-5,10,15H,6-7H2,1H3/p+1. The van der Waals surface area contributed by atoms with Gasteiger partial charge in [0.05, 0.1) is 19.2 Å². The number of ether oxygens (including phenoxy) is 1. The van der Waals surface area contributed by atoms with Gasteiger partial charge in [-0.2, -0.15) is 0 Å². The summed E-state index contributed by atoms with van der Waals surface area (Å²) in [6.07, 6.45) is 0.00715. The molecule has 0 radical (unpaired) electrons. The van der Waals surface area contributed by atoms with E-state index in [1.165, 1.54) is 36.7 Å². The molecule has 2 N–H and O–H groups in total. The van der Waals surface area contributed by atoms with Crippen LogP contribution in [0.5, 0.6) is 0 Å². The molecule has 1 atom stereocenters. The van der Waals surface area contributed by atoms with E-state index in [0.717, 1.165) is 4.90 Å². The normalized spacial score (nSPS) is 18.5. The van der Waals surface area contributed by atoms with E-state index in [9.17, 15) is 18.8 Å². The zero-order valence-electron chi connectivity index (χ0n) is 10.8. The lowest BCUT2D eigenvalue weighted by atomic mass is 10.2. The van der Waals surface area contributed by atoms with Crippen molar-refractivity contribution in [2.45, 2.75) is 12.5 Å². The maximum absolute atomic E-state index is 12.8. The number of quaternary nitrogens is 1. The van der Waals surface area contributed by atoms with Crippen molar-refractivity contribution in [1.29, 1.82) is 0 Å². The van der Waals surface area contributed by atoms with Gasteiger partial charge in [-0.1, -0.05) is 0 Å². The summed E-state index contributed by atoms with van der Waals surface area (Å²) in [5.41, 5.74) is 0.329. The average Bonchev–Trinajstić information content (AvgIpc) is 2.72. The molecule has 7 heteroatoms. The number of hydrogen-bond donors (Lipinski definition) is 1. The number of hydrogen-bond acceptors (Lipinski definition) is 4. The second-order valence-electron chi connectivity index (χ2n) is 4.37. The number of esters is 1. The van der Waals surface area contributed by atoms with Crippen LogP contribution in [-0.2, 0) is 19.1 Å². The van der Waals surface area contributed by atoms with E-state index in [-0.39, 0.29) is 18.9 Å². The van der Waals surface area contributed by atoms with Crippen molar-refractivity contribution in [1.82, 2.24) is 0 Å². The lowest BCUT2D eigenvalue weighted by Gasteiger charge is -2.13. The van der Waals surface area contributed by atoms with Crippen molar-refractivity contribution < 1.29 is 28.8 Å². The third kappa shape index (κ3) is 2.83. The molecule has 106 valence electrons. The largest absolute Gasteiger partial charge is 0.465 e. The lowest BCUT2D eigenvalue weighted by molar-refractivity contribution is -0.665. The summed E-state index contributed by atoms with van der Waals surface area (Å²) < 4.78 is 17.3. The van der Waals surface area contributed by atoms with E-state index in [1.807, 2.05) is 0 Å². The highest BCUT2D eigenvalue weighted by Crippen LogP contribution is 2.21. The predicted octanol–water partition coefficient (Wildman–Crippen LogP) is -0.806. The summed E-state index contributed by atoms with van der Waals surface area (Å²) in [7, 11) is 1.25. The van der Waals surface area contributed by atoms with Crippen molar-refractivity contribution in [3.05, 3.63) is 30.1 Å². The molecule has 1 aromatic carbocycles. The zero-order chi connectivity index (χ0) is 14.7. The molecule has 0 bridgehead atoms. The molecule has 2 rings (SSSR count). The first-order chi connectivity index (χ1) is 9.52. The van der Waals surface area contributed by atoms with Crippen LogP contribution in [0.1, 0.15) is 6.42 Å². The van der Waals surface area contributed by atoms with Crippen molar-refractivity contribution in [2.75, 3.05) is 18.6 Å². The molecule has 2 amide bonds. The molecular formula is C13H14FN2O4+. The van der Waals surface area contributed by atoms with Crippen molar-refractivity contribution in [3.8, 4) is 0 Å². The summed E-state index contributed by atoms with van der Waals surface area (Å²) in [5.74, 6) is -1.69. The van der Waals surface area contributed by atoms with Crippen LogP contribution >= 0.6 is 0 Å². The number of carbonyl (C=O) groups excluding carboxylic acids is 3. The van der Waals surface area contributed by atoms with Crippen LogP contribution in [0.4, 0.5) is 10.1 Å². The molecule has 1 saturated heterocycles. The first-order valence-electron chi connectivity index (χ1n) is 6.05. The molecule has 1 aliphatic heterocycles. The maximum atomic E-state index is 12.8. The summed E-state index contributed by atoms with van der Waals surface area (Å²) in [4.78, 5) is 36.1. The minimum Gasteiger partial charge on any atom is -0.465 e. The lowest BCUT2D eigenvalue weighted by Crippen LogP contribution is -2.93. The average molecular weight is 281 g/mol. The number of halogens is 1. The van der Waals surface area contributed by atoms with Gasteiger partial charge in [0.1, 0.15) is 5.82 Å². The van der Waals surface area contributed by atoms with E-state index in [0.29, 0.717) is 5.69 Å². The molecular weight excluding hydrogens is 267 g/mol. The Balaban J connectivity index is 2.09. The minimum absolute atomic E-state index is 0.00715. The molecule has 1 unspecified atom stereocenters. The third-order valence-corrected chi connectivity index (χ3v) is 3.06. The quantitative estimate of drug-likeness (QED) is 0.578. The Bertz CT molecular complexity index is 544. The molecule has 1 heterocycles. The number of nitrogens with two attached hydrogens (primary N) is 1. The van der Waals surface area contributed by atoms with Crippen molar-refractivity contribution in [3.63, 3.8) is 0 Å². The predicted molar refractivity (Wildman–Crippen MR) is 66.1 cm³/mol. The van der Waals surface area contributed by atoms with Gasteiger partial charge in [-0.25, -0.2) is 14.1 Å². The Morgan fingerprint density at radius 2 is 2.05 bits per heavy atom. The highest BCUT2D eigenvalue weighted by Gasteiger charge is 2.42. The Hall–Kier alpha value is -2.28. The SMILES string of the molecule is COC(=O)C[NH2+]C1CC(=O)N(c2ccc(F)cc2)C1=O. The third-order valence-electron chi connectivity index (χ3n) is 3.06. The number of imide groups is 1. The van der Waals surface area contributed by atoms with Crippen LogP contribution in [0.3, 0.4) is 0 Å². The molecule has 1 fully saturated rings. The molecule has 20 heavy (non-hydrogen) atoms. The molecule has 0 aliphatic carbocycles. The monoisotopic (exact) mass is 281 g/mol. The Morgan fingerprint density at radius 1 is 1.40 bits per heavy atom. The number of nitrogens with zero attached hydrogens (tertiary/aromatic N) is 1. The van der Waals surface area contributed by atoms with Crippen LogP contribution in [-0.4, -0.2) is 37.5 Å². The zero-order valence-corrected chi connectivity index (χ0v) is 10.8. The van der Waals surface area contributed by atoms with E-state index in [1.54, 1.807) is 0 Å². The van der Waals surface area contributed by atoms with Gasteiger partial charge in [0.15, 0.2) is 12.6 Å². The molecule has 0 spiro atoms. The number of methoxy groups -OCH3 is 1. The second-order valence-corrected chi connectivity index (χ2v) is 4.37. The van der Waals surface area contributed by atoms with E-state index in [2.05, 4.69) is 4.74 Å². The first kappa shape index (κ1) is 14.1. The van der Waals surface area contributed by atoms with Crippen LogP contribution in [0, 0.1) is 5.82 Å². The van der Waals surface area contributed by atoms with Gasteiger partial charge < -0.3 is 10.1 Å². The first-order valence-corrected chi connectivity index (χ1v) is 6.05. The van der Waals surface area contributed by atoms with Gasteiger partial charge in [0.25, 0.3) is 5.91 Å². The number of amides is 2. The van der Waals surface area contributed by atoms with Gasteiger partial charge in [0.2, 0.25) is 5.91 Å². The fourth-order valence-corrected chi connectivity index (χ4v) is 2.02. The van der Waals surface area contributed by atoms with Crippen molar-refractivity contribution in [2.24, 2.45) is 0 Å². The van der Waals surface area contributed by atoms with E-state index in [4.69, 9.17) is 0 Å². The summed E-state index contributed by atoms with van der Waals surface area (Å²) >= 11 is 0. The van der Waals surface area contributed by atoms with Gasteiger partial charge in [-0.15, -0.1) is 0 Å². The molecule has 0 aromatic heterocycles. The van der Waals surface area contributed by atoms with Crippen molar-refractivity contribution >= 4 is 23.5 Å². The Labute approximate surface area is 114 Å². The second kappa shape index (κ2) is 5.79. The topological polar surface area (TPSA) is 80.3 Å². The molecule has 1 aromatic rings. The number of rotatable bonds is 4. The van der Waals surface area contributed by atoms with Gasteiger partial charge in [0, 0.05) is 0 Å². The van der Waals surface area contributed by atoms with Gasteiger partial charge in [-0.05, 0) is 24.3 Å². The van der Waals surface area contributed by atoms with E-state index >= 15 is 0 Å². The summed E-state index contributed by atoms with van der Waals surface area (Å²) in [5, 5.41) is 1.47.